The second-order valence-corrected chi connectivity index (χ2v) is 9.35. The van der Waals surface area contributed by atoms with Crippen molar-refractivity contribution < 1.29 is 24.2 Å². The highest BCUT2D eigenvalue weighted by Gasteiger charge is 2.41. The number of ether oxygens (including phenoxy) is 1. The molecule has 7 nitrogen and oxygen atoms in total. The minimum Gasteiger partial charge on any atom is -0.481 e. The number of amides is 2. The van der Waals surface area contributed by atoms with Crippen LogP contribution in [-0.2, 0) is 14.3 Å². The highest BCUT2D eigenvalue weighted by Crippen LogP contribution is 2.44. The summed E-state index contributed by atoms with van der Waals surface area (Å²) in [5.74, 6) is -1.02. The van der Waals surface area contributed by atoms with E-state index in [1.807, 2.05) is 38.1 Å². The maximum Gasteiger partial charge on any atom is 0.408 e. The molecule has 2 aromatic rings. The first-order valence-corrected chi connectivity index (χ1v) is 12.0. The summed E-state index contributed by atoms with van der Waals surface area (Å²) >= 11 is 0. The van der Waals surface area contributed by atoms with Crippen molar-refractivity contribution in [1.82, 2.24) is 10.6 Å². The molecule has 180 valence electrons. The molecule has 2 aliphatic carbocycles. The Morgan fingerprint density at radius 3 is 2.06 bits per heavy atom. The Balaban J connectivity index is 1.37. The summed E-state index contributed by atoms with van der Waals surface area (Å²) in [5.41, 5.74) is 3.51. The van der Waals surface area contributed by atoms with Crippen molar-refractivity contribution >= 4 is 18.0 Å². The highest BCUT2D eigenvalue weighted by molar-refractivity contribution is 5.90. The number of nitrogens with one attached hydrogen (secondary N) is 2. The number of benzene rings is 2. The molecule has 0 radical (unpaired) electrons. The minimum atomic E-state index is -1.07. The molecule has 3 N–H and O–H groups in total. The fourth-order valence-corrected chi connectivity index (χ4v) is 5.23. The number of carboxylic acid groups (broad SMARTS) is 1. The SMILES string of the molecule is CCC(CC)(NC(=O)OCC1c2ccccc2-c2ccccc21)C(=O)NC1CC(CC(=O)O)C1. The molecule has 0 bridgehead atoms. The fraction of sp³-hybridized carbons (Fsp3) is 0.444. The normalized spacial score (nSPS) is 18.9. The molecule has 7 heteroatoms. The molecule has 0 heterocycles. The summed E-state index contributed by atoms with van der Waals surface area (Å²) < 4.78 is 5.66. The van der Waals surface area contributed by atoms with Gasteiger partial charge >= 0.3 is 12.1 Å². The lowest BCUT2D eigenvalue weighted by Crippen LogP contribution is -2.61. The number of carboxylic acids is 1. The molecule has 0 aliphatic heterocycles. The average Bonchev–Trinajstić information content (AvgIpc) is 3.13. The van der Waals surface area contributed by atoms with E-state index >= 15 is 0 Å². The van der Waals surface area contributed by atoms with Crippen LogP contribution in [0.1, 0.15) is 63.0 Å². The summed E-state index contributed by atoms with van der Waals surface area (Å²) in [7, 11) is 0. The Labute approximate surface area is 199 Å². The van der Waals surface area contributed by atoms with Gasteiger partial charge in [0.05, 0.1) is 0 Å². The number of hydrogen-bond donors (Lipinski definition) is 3. The van der Waals surface area contributed by atoms with Crippen LogP contribution in [0, 0.1) is 5.92 Å². The molecule has 2 aromatic carbocycles. The first kappa shape index (κ1) is 23.8. The molecule has 0 spiro atoms. The van der Waals surface area contributed by atoms with E-state index in [4.69, 9.17) is 9.84 Å². The molecular formula is C27H32N2O5. The van der Waals surface area contributed by atoms with E-state index in [-0.39, 0.29) is 36.8 Å². The van der Waals surface area contributed by atoms with Gasteiger partial charge in [0.2, 0.25) is 5.91 Å². The van der Waals surface area contributed by atoms with E-state index in [0.717, 1.165) is 22.3 Å². The van der Waals surface area contributed by atoms with E-state index in [2.05, 4.69) is 34.9 Å². The van der Waals surface area contributed by atoms with Crippen LogP contribution in [0.25, 0.3) is 11.1 Å². The number of aliphatic carboxylic acids is 1. The zero-order chi connectivity index (χ0) is 24.3. The van der Waals surface area contributed by atoms with Crippen molar-refractivity contribution in [3.63, 3.8) is 0 Å². The predicted molar refractivity (Wildman–Crippen MR) is 128 cm³/mol. The second kappa shape index (κ2) is 9.87. The van der Waals surface area contributed by atoms with Crippen LogP contribution in [0.4, 0.5) is 4.79 Å². The molecule has 1 saturated carbocycles. The number of carbonyl (C=O) groups excluding carboxylic acids is 2. The summed E-state index contributed by atoms with van der Waals surface area (Å²) in [6.07, 6.45) is 1.64. The molecule has 0 saturated heterocycles. The van der Waals surface area contributed by atoms with Crippen molar-refractivity contribution in [2.75, 3.05) is 6.61 Å². The Morgan fingerprint density at radius 2 is 1.53 bits per heavy atom. The molecule has 1 fully saturated rings. The summed E-state index contributed by atoms with van der Waals surface area (Å²) in [5, 5.41) is 14.7. The molecule has 4 rings (SSSR count). The van der Waals surface area contributed by atoms with Gasteiger partial charge in [-0.25, -0.2) is 4.79 Å². The van der Waals surface area contributed by atoms with Gasteiger partial charge in [-0.2, -0.15) is 0 Å². The van der Waals surface area contributed by atoms with Crippen LogP contribution >= 0.6 is 0 Å². The van der Waals surface area contributed by atoms with E-state index in [1.165, 1.54) is 0 Å². The third-order valence-corrected chi connectivity index (χ3v) is 7.36. The predicted octanol–water partition coefficient (Wildman–Crippen LogP) is 4.45. The molecule has 0 unspecified atom stereocenters. The van der Waals surface area contributed by atoms with Gasteiger partial charge < -0.3 is 20.5 Å². The Morgan fingerprint density at radius 1 is 0.971 bits per heavy atom. The molecular weight excluding hydrogens is 432 g/mol. The quantitative estimate of drug-likeness (QED) is 0.508. The summed E-state index contributed by atoms with van der Waals surface area (Å²) in [4.78, 5) is 36.8. The van der Waals surface area contributed by atoms with Gasteiger partial charge in [-0.1, -0.05) is 62.4 Å². The average molecular weight is 465 g/mol. The molecule has 34 heavy (non-hydrogen) atoms. The van der Waals surface area contributed by atoms with E-state index in [1.54, 1.807) is 0 Å². The van der Waals surface area contributed by atoms with Crippen molar-refractivity contribution in [2.24, 2.45) is 5.92 Å². The first-order chi connectivity index (χ1) is 16.4. The van der Waals surface area contributed by atoms with Crippen molar-refractivity contribution in [3.05, 3.63) is 59.7 Å². The monoisotopic (exact) mass is 464 g/mol. The smallest absolute Gasteiger partial charge is 0.408 e. The molecule has 0 atom stereocenters. The molecule has 0 aromatic heterocycles. The van der Waals surface area contributed by atoms with Crippen LogP contribution < -0.4 is 10.6 Å². The minimum absolute atomic E-state index is 0.0502. The fourth-order valence-electron chi connectivity index (χ4n) is 5.23. The van der Waals surface area contributed by atoms with Crippen LogP contribution in [0.2, 0.25) is 0 Å². The van der Waals surface area contributed by atoms with Crippen LogP contribution in [-0.4, -0.2) is 41.3 Å². The molecule has 2 amide bonds. The Hall–Kier alpha value is -3.35. The van der Waals surface area contributed by atoms with Gasteiger partial charge in [-0.15, -0.1) is 0 Å². The highest BCUT2D eigenvalue weighted by atomic mass is 16.5. The topological polar surface area (TPSA) is 105 Å². The van der Waals surface area contributed by atoms with E-state index in [0.29, 0.717) is 25.7 Å². The maximum absolute atomic E-state index is 13.1. The maximum atomic E-state index is 13.1. The first-order valence-electron chi connectivity index (χ1n) is 12.0. The largest absolute Gasteiger partial charge is 0.481 e. The third-order valence-electron chi connectivity index (χ3n) is 7.36. The zero-order valence-corrected chi connectivity index (χ0v) is 19.7. The second-order valence-electron chi connectivity index (χ2n) is 9.35. The van der Waals surface area contributed by atoms with E-state index < -0.39 is 17.6 Å². The van der Waals surface area contributed by atoms with Crippen LogP contribution in [0.3, 0.4) is 0 Å². The van der Waals surface area contributed by atoms with Gasteiger partial charge in [0.1, 0.15) is 12.1 Å². The van der Waals surface area contributed by atoms with E-state index in [9.17, 15) is 14.4 Å². The molecule has 2 aliphatic rings. The lowest BCUT2D eigenvalue weighted by Gasteiger charge is -2.39. The van der Waals surface area contributed by atoms with Crippen molar-refractivity contribution in [2.45, 2.75) is 63.5 Å². The number of fused-ring (bicyclic) bond motifs is 3. The summed E-state index contributed by atoms with van der Waals surface area (Å²) in [6.45, 7) is 3.91. The number of hydrogen-bond acceptors (Lipinski definition) is 4. The third kappa shape index (κ3) is 4.65. The van der Waals surface area contributed by atoms with Gasteiger partial charge in [-0.3, -0.25) is 9.59 Å². The lowest BCUT2D eigenvalue weighted by molar-refractivity contribution is -0.139. The Bertz CT molecular complexity index is 1030. The number of rotatable bonds is 9. The van der Waals surface area contributed by atoms with Gasteiger partial charge in [0.25, 0.3) is 0 Å². The zero-order valence-electron chi connectivity index (χ0n) is 19.7. The van der Waals surface area contributed by atoms with Crippen molar-refractivity contribution in [1.29, 1.82) is 0 Å². The standard InChI is InChI=1S/C27H32N2O5/c1-3-27(4-2,25(32)28-18-13-17(14-18)15-24(30)31)29-26(33)34-16-23-21-11-7-5-9-19(21)20-10-6-8-12-22(20)23/h5-12,17-18,23H,3-4,13-16H2,1-2H3,(H,28,32)(H,29,33)(H,30,31). The number of alkyl carbamates (subject to hydrolysis) is 1. The van der Waals surface area contributed by atoms with Crippen LogP contribution in [0.15, 0.2) is 48.5 Å². The summed E-state index contributed by atoms with van der Waals surface area (Å²) in [6, 6.07) is 16.2. The van der Waals surface area contributed by atoms with Gasteiger partial charge in [0, 0.05) is 18.4 Å². The van der Waals surface area contributed by atoms with Crippen molar-refractivity contribution in [3.8, 4) is 11.1 Å². The van der Waals surface area contributed by atoms with Gasteiger partial charge in [-0.05, 0) is 53.9 Å². The van der Waals surface area contributed by atoms with Gasteiger partial charge in [0.15, 0.2) is 0 Å². The number of carbonyl (C=O) groups is 3. The Kier molecular flexibility index (Phi) is 6.91. The van der Waals surface area contributed by atoms with Crippen LogP contribution in [0.5, 0.6) is 0 Å². The lowest BCUT2D eigenvalue weighted by atomic mass is 9.77.